The molecule has 4 rings (SSSR count). The van der Waals surface area contributed by atoms with Gasteiger partial charge in [-0.05, 0) is 18.4 Å². The van der Waals surface area contributed by atoms with Crippen molar-refractivity contribution in [2.24, 2.45) is 0 Å². The van der Waals surface area contributed by atoms with E-state index >= 15 is 0 Å². The summed E-state index contributed by atoms with van der Waals surface area (Å²) >= 11 is 0. The van der Waals surface area contributed by atoms with Gasteiger partial charge >= 0.3 is 0 Å². The van der Waals surface area contributed by atoms with Crippen LogP contribution in [0.3, 0.4) is 0 Å². The summed E-state index contributed by atoms with van der Waals surface area (Å²) in [5, 5.41) is 9.59. The van der Waals surface area contributed by atoms with Gasteiger partial charge in [-0.25, -0.2) is 5.10 Å². The number of aromatic nitrogens is 2. The Bertz CT molecular complexity index is 1130. The minimum atomic E-state index is -0.536. The van der Waals surface area contributed by atoms with Gasteiger partial charge in [0.25, 0.3) is 11.5 Å². The summed E-state index contributed by atoms with van der Waals surface area (Å²) in [6.45, 7) is 1.75. The van der Waals surface area contributed by atoms with Crippen LogP contribution in [0, 0.1) is 0 Å². The Morgan fingerprint density at radius 1 is 1.00 bits per heavy atom. The number of H-pyrrole nitrogens is 1. The third-order valence-corrected chi connectivity index (χ3v) is 5.38. The van der Waals surface area contributed by atoms with Crippen molar-refractivity contribution in [3.05, 3.63) is 76.6 Å². The Kier molecular flexibility index (Phi) is 6.21. The number of carbonyl (C=O) groups is 2. The van der Waals surface area contributed by atoms with Gasteiger partial charge in [0.05, 0.1) is 5.69 Å². The summed E-state index contributed by atoms with van der Waals surface area (Å²) in [4.78, 5) is 39.3. The molecular weight excluding hydrogens is 392 g/mol. The highest BCUT2D eigenvalue weighted by molar-refractivity contribution is 6.03. The van der Waals surface area contributed by atoms with Crippen LogP contribution in [0.15, 0.2) is 65.5 Å². The first-order chi connectivity index (χ1) is 15.1. The number of benzene rings is 2. The molecule has 0 saturated carbocycles. The lowest BCUT2D eigenvalue weighted by Crippen LogP contribution is -2.34. The van der Waals surface area contributed by atoms with Crippen LogP contribution in [0.4, 0.5) is 0 Å². The molecule has 1 aliphatic rings. The molecule has 158 valence electrons. The molecule has 1 aromatic heterocycles. The molecule has 0 atom stereocenters. The smallest absolute Gasteiger partial charge is 0.277 e. The number of amides is 2. The van der Waals surface area contributed by atoms with E-state index in [2.05, 4.69) is 15.5 Å². The quantitative estimate of drug-likeness (QED) is 0.579. The molecule has 1 saturated heterocycles. The van der Waals surface area contributed by atoms with Crippen molar-refractivity contribution in [2.45, 2.75) is 19.3 Å². The van der Waals surface area contributed by atoms with Crippen molar-refractivity contribution in [1.82, 2.24) is 20.4 Å². The fourth-order valence-corrected chi connectivity index (χ4v) is 3.86. The molecule has 3 aromatic rings. The standard InChI is InChI=1S/C24H24N4O3/c29-19-13-7-15-28(19)16-8-14-25-23(30)21-20(17-9-3-1-4-10-17)22(26-27-24(21)31)18-11-5-2-6-12-18/h1-6,9-12H,7-8,13-16H2,(H,25,30)(H,27,31). The minimum Gasteiger partial charge on any atom is -0.352 e. The van der Waals surface area contributed by atoms with E-state index in [-0.39, 0.29) is 11.5 Å². The average molecular weight is 416 g/mol. The van der Waals surface area contributed by atoms with Gasteiger partial charge in [0.15, 0.2) is 0 Å². The normalized spacial score (nSPS) is 13.4. The van der Waals surface area contributed by atoms with Gasteiger partial charge in [-0.15, -0.1) is 0 Å². The number of nitrogens with one attached hydrogen (secondary N) is 2. The van der Waals surface area contributed by atoms with Gasteiger partial charge in [0, 0.05) is 37.2 Å². The lowest BCUT2D eigenvalue weighted by molar-refractivity contribution is -0.127. The fourth-order valence-electron chi connectivity index (χ4n) is 3.86. The number of likely N-dealkylation sites (tertiary alicyclic amines) is 1. The molecule has 2 aromatic carbocycles. The van der Waals surface area contributed by atoms with Crippen molar-refractivity contribution in [2.75, 3.05) is 19.6 Å². The highest BCUT2D eigenvalue weighted by Crippen LogP contribution is 2.31. The zero-order chi connectivity index (χ0) is 21.6. The van der Waals surface area contributed by atoms with E-state index in [1.165, 1.54) is 0 Å². The number of hydrogen-bond donors (Lipinski definition) is 2. The molecule has 0 aliphatic carbocycles. The van der Waals surface area contributed by atoms with Gasteiger partial charge < -0.3 is 10.2 Å². The molecule has 7 heteroatoms. The van der Waals surface area contributed by atoms with Gasteiger partial charge in [-0.2, -0.15) is 5.10 Å². The first-order valence-corrected chi connectivity index (χ1v) is 10.4. The highest BCUT2D eigenvalue weighted by atomic mass is 16.2. The molecule has 0 radical (unpaired) electrons. The largest absolute Gasteiger partial charge is 0.352 e. The van der Waals surface area contributed by atoms with Crippen LogP contribution in [0.5, 0.6) is 0 Å². The maximum Gasteiger partial charge on any atom is 0.277 e. The Morgan fingerprint density at radius 2 is 1.68 bits per heavy atom. The minimum absolute atomic E-state index is 0.0392. The Hall–Kier alpha value is -3.74. The summed E-state index contributed by atoms with van der Waals surface area (Å²) in [5.41, 5.74) is 2.09. The summed E-state index contributed by atoms with van der Waals surface area (Å²) in [6, 6.07) is 18.8. The average Bonchev–Trinajstić information content (AvgIpc) is 3.22. The number of aromatic amines is 1. The second-order valence-corrected chi connectivity index (χ2v) is 7.48. The van der Waals surface area contributed by atoms with Crippen LogP contribution in [-0.4, -0.2) is 46.5 Å². The van der Waals surface area contributed by atoms with E-state index in [1.54, 1.807) is 0 Å². The number of hydrogen-bond acceptors (Lipinski definition) is 4. The molecule has 31 heavy (non-hydrogen) atoms. The van der Waals surface area contributed by atoms with Crippen LogP contribution < -0.4 is 10.9 Å². The summed E-state index contributed by atoms with van der Waals surface area (Å²) in [7, 11) is 0. The molecule has 2 N–H and O–H groups in total. The first-order valence-electron chi connectivity index (χ1n) is 10.4. The number of carbonyl (C=O) groups excluding carboxylic acids is 2. The number of rotatable bonds is 7. The molecule has 0 spiro atoms. The predicted octanol–water partition coefficient (Wildman–Crippen LogP) is 2.85. The highest BCUT2D eigenvalue weighted by Gasteiger charge is 2.23. The van der Waals surface area contributed by atoms with E-state index in [0.29, 0.717) is 37.2 Å². The predicted molar refractivity (Wildman–Crippen MR) is 118 cm³/mol. The number of nitrogens with zero attached hydrogens (tertiary/aromatic N) is 2. The molecule has 7 nitrogen and oxygen atoms in total. The van der Waals surface area contributed by atoms with Gasteiger partial charge in [-0.3, -0.25) is 14.4 Å². The van der Waals surface area contributed by atoms with Gasteiger partial charge in [0.2, 0.25) is 5.91 Å². The summed E-state index contributed by atoms with van der Waals surface area (Å²) < 4.78 is 0. The summed E-state index contributed by atoms with van der Waals surface area (Å²) in [6.07, 6.45) is 2.12. The van der Waals surface area contributed by atoms with Crippen molar-refractivity contribution < 1.29 is 9.59 Å². The van der Waals surface area contributed by atoms with E-state index < -0.39 is 11.5 Å². The molecule has 1 fully saturated rings. The van der Waals surface area contributed by atoms with Crippen LogP contribution in [0.2, 0.25) is 0 Å². The molecule has 0 unspecified atom stereocenters. The van der Waals surface area contributed by atoms with Crippen molar-refractivity contribution >= 4 is 11.8 Å². The first kappa shape index (κ1) is 20.5. The van der Waals surface area contributed by atoms with Crippen LogP contribution >= 0.6 is 0 Å². The van der Waals surface area contributed by atoms with Gasteiger partial charge in [0.1, 0.15) is 5.56 Å². The van der Waals surface area contributed by atoms with E-state index in [4.69, 9.17) is 0 Å². The third-order valence-electron chi connectivity index (χ3n) is 5.38. The van der Waals surface area contributed by atoms with Crippen LogP contribution in [0.25, 0.3) is 22.4 Å². The van der Waals surface area contributed by atoms with Crippen molar-refractivity contribution in [3.63, 3.8) is 0 Å². The fraction of sp³-hybridized carbons (Fsp3) is 0.250. The SMILES string of the molecule is O=C(NCCCN1CCCC1=O)c1c(-c2ccccc2)c(-c2ccccc2)n[nH]c1=O. The zero-order valence-electron chi connectivity index (χ0n) is 17.1. The molecule has 2 heterocycles. The van der Waals surface area contributed by atoms with Crippen LogP contribution in [0.1, 0.15) is 29.6 Å². The molecule has 1 aliphatic heterocycles. The van der Waals surface area contributed by atoms with E-state index in [0.717, 1.165) is 24.1 Å². The molecular formula is C24H24N4O3. The summed E-state index contributed by atoms with van der Waals surface area (Å²) in [5.74, 6) is -0.289. The zero-order valence-corrected chi connectivity index (χ0v) is 17.1. The van der Waals surface area contributed by atoms with Crippen molar-refractivity contribution in [3.8, 4) is 22.4 Å². The van der Waals surface area contributed by atoms with Gasteiger partial charge in [-0.1, -0.05) is 60.7 Å². The second-order valence-electron chi connectivity index (χ2n) is 7.48. The Balaban J connectivity index is 1.62. The maximum absolute atomic E-state index is 13.1. The van der Waals surface area contributed by atoms with E-state index in [9.17, 15) is 14.4 Å². The van der Waals surface area contributed by atoms with Crippen LogP contribution in [-0.2, 0) is 4.79 Å². The van der Waals surface area contributed by atoms with Crippen molar-refractivity contribution in [1.29, 1.82) is 0 Å². The third kappa shape index (κ3) is 4.55. The Labute approximate surface area is 180 Å². The maximum atomic E-state index is 13.1. The Morgan fingerprint density at radius 3 is 2.32 bits per heavy atom. The lowest BCUT2D eigenvalue weighted by atomic mass is 9.95. The molecule has 2 amide bonds. The second kappa shape index (κ2) is 9.38. The van der Waals surface area contributed by atoms with E-state index in [1.807, 2.05) is 65.6 Å². The lowest BCUT2D eigenvalue weighted by Gasteiger charge is -2.16. The molecule has 0 bridgehead atoms. The monoisotopic (exact) mass is 416 g/mol. The topological polar surface area (TPSA) is 95.2 Å².